The SMILES string of the molecule is COC(C[n+]1nn(C)c2c1C(C)(C)[C@@H]1CC[C@]3(C)[C@H](CC[C@@H]4[C@H]5[C@H]6OC[C@@]5(CCC6(C)C)CC[C@]43C)[C@@]1(C)C2)OC. The average molecular weight is 569 g/mol. The van der Waals surface area contributed by atoms with Gasteiger partial charge in [-0.2, -0.15) is 0 Å². The number of nitrogens with zero attached hydrogens (tertiary/aromatic N) is 3. The molecule has 6 heteroatoms. The molecule has 4 saturated carbocycles. The number of fused-ring (bicyclic) bond motifs is 6. The Balaban J connectivity index is 1.27. The minimum absolute atomic E-state index is 0.0404. The third kappa shape index (κ3) is 3.48. The molecule has 41 heavy (non-hydrogen) atoms. The van der Waals surface area contributed by atoms with Crippen molar-refractivity contribution in [1.82, 2.24) is 9.90 Å². The lowest BCUT2D eigenvalue weighted by atomic mass is 9.31. The number of aromatic nitrogens is 3. The Hall–Kier alpha value is -0.980. The van der Waals surface area contributed by atoms with Crippen LogP contribution in [0.2, 0.25) is 0 Å². The molecule has 230 valence electrons. The van der Waals surface area contributed by atoms with E-state index in [2.05, 4.69) is 64.9 Å². The Labute approximate surface area is 249 Å². The number of hydrogen-bond acceptors (Lipinski definition) is 4. The Morgan fingerprint density at radius 1 is 0.902 bits per heavy atom. The van der Waals surface area contributed by atoms with E-state index in [0.29, 0.717) is 40.2 Å². The van der Waals surface area contributed by atoms with Crippen LogP contribution in [0, 0.1) is 50.7 Å². The molecule has 5 aliphatic carbocycles. The largest absolute Gasteiger partial charge is 0.377 e. The second-order valence-electron chi connectivity index (χ2n) is 17.6. The van der Waals surface area contributed by atoms with Gasteiger partial charge in [0.15, 0.2) is 24.2 Å². The minimum atomic E-state index is -0.286. The van der Waals surface area contributed by atoms with Gasteiger partial charge in [-0.3, -0.25) is 0 Å². The number of rotatable bonds is 4. The molecule has 9 atom stereocenters. The maximum atomic E-state index is 6.79. The summed E-state index contributed by atoms with van der Waals surface area (Å²) in [4.78, 5) is 0. The fraction of sp³-hybridized carbons (Fsp3) is 0.943. The van der Waals surface area contributed by atoms with Gasteiger partial charge in [-0.25, -0.2) is 0 Å². The van der Waals surface area contributed by atoms with E-state index in [1.54, 1.807) is 14.2 Å². The molecule has 6 aliphatic rings. The molecule has 2 bridgehead atoms. The molecule has 1 aliphatic heterocycles. The van der Waals surface area contributed by atoms with Crippen LogP contribution in [0.5, 0.6) is 0 Å². The fourth-order valence-electron chi connectivity index (χ4n) is 13.3. The second-order valence-corrected chi connectivity index (χ2v) is 17.6. The number of methoxy groups -OCH3 is 2. The predicted molar refractivity (Wildman–Crippen MR) is 159 cm³/mol. The first kappa shape index (κ1) is 28.8. The molecule has 1 saturated heterocycles. The van der Waals surface area contributed by atoms with Gasteiger partial charge in [0.2, 0.25) is 0 Å². The molecule has 1 aromatic rings. The first-order valence-electron chi connectivity index (χ1n) is 16.8. The van der Waals surface area contributed by atoms with Crippen molar-refractivity contribution in [2.75, 3.05) is 20.8 Å². The van der Waals surface area contributed by atoms with Crippen LogP contribution in [-0.4, -0.2) is 43.1 Å². The van der Waals surface area contributed by atoms with Crippen LogP contribution in [0.15, 0.2) is 0 Å². The molecule has 5 fully saturated rings. The third-order valence-corrected chi connectivity index (χ3v) is 15.4. The Morgan fingerprint density at radius 2 is 1.61 bits per heavy atom. The highest BCUT2D eigenvalue weighted by Crippen LogP contribution is 2.77. The van der Waals surface area contributed by atoms with Crippen molar-refractivity contribution in [2.45, 2.75) is 131 Å². The lowest BCUT2D eigenvalue weighted by Gasteiger charge is -2.72. The highest BCUT2D eigenvalue weighted by atomic mass is 16.7. The zero-order valence-corrected chi connectivity index (χ0v) is 27.8. The van der Waals surface area contributed by atoms with Crippen LogP contribution < -0.4 is 4.68 Å². The summed E-state index contributed by atoms with van der Waals surface area (Å²) in [6.07, 6.45) is 12.3. The van der Waals surface area contributed by atoms with Gasteiger partial charge in [0.05, 0.1) is 17.9 Å². The van der Waals surface area contributed by atoms with E-state index in [4.69, 9.17) is 19.4 Å². The highest BCUT2D eigenvalue weighted by Gasteiger charge is 2.73. The average Bonchev–Trinajstić information content (AvgIpc) is 3.41. The van der Waals surface area contributed by atoms with E-state index in [0.717, 1.165) is 30.8 Å². The summed E-state index contributed by atoms with van der Waals surface area (Å²) >= 11 is 0. The van der Waals surface area contributed by atoms with Gasteiger partial charge in [-0.15, -0.1) is 9.36 Å². The van der Waals surface area contributed by atoms with Crippen LogP contribution >= 0.6 is 0 Å². The zero-order chi connectivity index (χ0) is 29.4. The Bertz CT molecular complexity index is 1220. The molecule has 0 N–H and O–H groups in total. The molecule has 0 unspecified atom stereocenters. The van der Waals surface area contributed by atoms with E-state index < -0.39 is 0 Å². The zero-order valence-electron chi connectivity index (χ0n) is 27.8. The van der Waals surface area contributed by atoms with Crippen LogP contribution in [0.3, 0.4) is 0 Å². The smallest absolute Gasteiger partial charge is 0.197 e. The van der Waals surface area contributed by atoms with Gasteiger partial charge in [0.25, 0.3) is 0 Å². The van der Waals surface area contributed by atoms with E-state index in [9.17, 15) is 0 Å². The van der Waals surface area contributed by atoms with Crippen molar-refractivity contribution in [3.63, 3.8) is 0 Å². The summed E-state index contributed by atoms with van der Waals surface area (Å²) in [5.74, 6) is 2.94. The molecule has 1 aromatic heterocycles. The first-order chi connectivity index (χ1) is 19.2. The van der Waals surface area contributed by atoms with Crippen LogP contribution in [0.25, 0.3) is 0 Å². The van der Waals surface area contributed by atoms with Crippen molar-refractivity contribution >= 4 is 0 Å². The van der Waals surface area contributed by atoms with E-state index in [-0.39, 0.29) is 17.1 Å². The van der Waals surface area contributed by atoms with Gasteiger partial charge in [0.1, 0.15) is 7.05 Å². The van der Waals surface area contributed by atoms with Crippen LogP contribution in [0.1, 0.15) is 111 Å². The summed E-state index contributed by atoms with van der Waals surface area (Å²) in [7, 11) is 5.61. The van der Waals surface area contributed by atoms with Crippen LogP contribution in [0.4, 0.5) is 0 Å². The number of aryl methyl sites for hydroxylation is 1. The van der Waals surface area contributed by atoms with E-state index in [1.165, 1.54) is 62.8 Å². The van der Waals surface area contributed by atoms with Gasteiger partial charge < -0.3 is 14.2 Å². The fourth-order valence-corrected chi connectivity index (χ4v) is 13.3. The lowest BCUT2D eigenvalue weighted by molar-refractivity contribution is -0.775. The summed E-state index contributed by atoms with van der Waals surface area (Å²) in [5.41, 5.74) is 4.67. The quantitative estimate of drug-likeness (QED) is 0.319. The predicted octanol–water partition coefficient (Wildman–Crippen LogP) is 6.23. The molecule has 6 nitrogen and oxygen atoms in total. The standard InChI is InChI=1S/C35H58N3O3/c1-30(2)15-17-35-18-16-33(6)22(27(35)29(30)41-21-35)11-12-25-32(5)19-23-28(31(3,4)24(32)13-14-34(25,33)7)38(36-37(23)8)20-26(39-9)40-10/h22,24-27,29H,11-21H2,1-10H3/q+1/t22-,24+,25-,27+,29-,32+,33-,34-,35-/m1/s1. The number of ether oxygens (including phenoxy) is 3. The van der Waals surface area contributed by atoms with Crippen molar-refractivity contribution in [3.8, 4) is 0 Å². The molecular formula is C35H58N3O3+. The van der Waals surface area contributed by atoms with Crippen molar-refractivity contribution < 1.29 is 18.9 Å². The first-order valence-corrected chi connectivity index (χ1v) is 16.8. The molecule has 7 rings (SSSR count). The van der Waals surface area contributed by atoms with Crippen molar-refractivity contribution in [3.05, 3.63) is 11.4 Å². The summed E-state index contributed by atoms with van der Waals surface area (Å²) < 4.78 is 22.4. The topological polar surface area (TPSA) is 49.4 Å². The maximum Gasteiger partial charge on any atom is 0.197 e. The van der Waals surface area contributed by atoms with Gasteiger partial charge in [-0.05, 0) is 102 Å². The van der Waals surface area contributed by atoms with Gasteiger partial charge >= 0.3 is 0 Å². The van der Waals surface area contributed by atoms with Gasteiger partial charge in [0, 0.05) is 26.1 Å². The summed E-state index contributed by atoms with van der Waals surface area (Å²) in [6.45, 7) is 19.9. The second kappa shape index (κ2) is 8.81. The van der Waals surface area contributed by atoms with Crippen molar-refractivity contribution in [1.29, 1.82) is 0 Å². The Kier molecular flexibility index (Phi) is 6.18. The molecule has 2 heterocycles. The minimum Gasteiger partial charge on any atom is -0.377 e. The normalized spacial score (nSPS) is 47.2. The maximum absolute atomic E-state index is 6.79. The van der Waals surface area contributed by atoms with E-state index in [1.807, 2.05) is 0 Å². The molecule has 0 aromatic carbocycles. The van der Waals surface area contributed by atoms with Gasteiger partial charge in [-0.1, -0.05) is 48.5 Å². The Morgan fingerprint density at radius 3 is 2.32 bits per heavy atom. The highest BCUT2D eigenvalue weighted by molar-refractivity contribution is 5.30. The van der Waals surface area contributed by atoms with E-state index >= 15 is 0 Å². The summed E-state index contributed by atoms with van der Waals surface area (Å²) in [5, 5.41) is 5.05. The monoisotopic (exact) mass is 568 g/mol. The molecular weight excluding hydrogens is 510 g/mol. The summed E-state index contributed by atoms with van der Waals surface area (Å²) in [6, 6.07) is 0. The molecule has 0 spiro atoms. The van der Waals surface area contributed by atoms with Crippen LogP contribution in [-0.2, 0) is 39.6 Å². The molecule has 0 amide bonds. The third-order valence-electron chi connectivity index (χ3n) is 15.4. The lowest BCUT2D eigenvalue weighted by Crippen LogP contribution is -2.68. The number of hydrogen-bond donors (Lipinski definition) is 0. The van der Waals surface area contributed by atoms with Crippen molar-refractivity contribution in [2.24, 2.45) is 57.8 Å². The molecule has 0 radical (unpaired) electrons.